The standard InChI is InChI=1S/C26H19F2N5O2.C2H6/c1-14-21(9-11-30-25(14)29)35-22-7-6-17(12-19(22)28)33-26-23-20(8-10-31-26)32-13-18(24(23)34)15-2-4-16(27)5-3-15;1-2/h2-13H,1H3,(H2,29,30)(H,31,33)(H,32,34);1-2H3. The number of nitrogens with two attached hydrogens (primary N) is 1. The summed E-state index contributed by atoms with van der Waals surface area (Å²) >= 11 is 0. The van der Waals surface area contributed by atoms with E-state index in [2.05, 4.69) is 20.3 Å². The van der Waals surface area contributed by atoms with Crippen LogP contribution in [0.2, 0.25) is 0 Å². The van der Waals surface area contributed by atoms with Gasteiger partial charge in [-0.2, -0.15) is 0 Å². The second-order valence-corrected chi connectivity index (χ2v) is 7.81. The van der Waals surface area contributed by atoms with Crippen LogP contribution in [0.3, 0.4) is 0 Å². The van der Waals surface area contributed by atoms with Gasteiger partial charge in [0.1, 0.15) is 23.2 Å². The lowest BCUT2D eigenvalue weighted by Crippen LogP contribution is -2.10. The van der Waals surface area contributed by atoms with E-state index in [1.54, 1.807) is 31.3 Å². The Labute approximate surface area is 212 Å². The average molecular weight is 502 g/mol. The molecule has 4 N–H and O–H groups in total. The molecule has 0 unspecified atom stereocenters. The maximum atomic E-state index is 14.9. The number of anilines is 3. The minimum atomic E-state index is -0.620. The van der Waals surface area contributed by atoms with Gasteiger partial charge in [-0.25, -0.2) is 18.7 Å². The SMILES string of the molecule is CC.Cc1c(Oc2ccc(Nc3nccc4[nH]cc(-c5ccc(F)cc5)c(=O)c34)cc2F)ccnc1N. The number of rotatable bonds is 5. The van der Waals surface area contributed by atoms with E-state index in [0.29, 0.717) is 39.5 Å². The largest absolute Gasteiger partial charge is 0.454 e. The van der Waals surface area contributed by atoms with E-state index in [9.17, 15) is 13.6 Å². The number of hydrogen-bond donors (Lipinski definition) is 3. The fourth-order valence-electron chi connectivity index (χ4n) is 3.66. The van der Waals surface area contributed by atoms with E-state index in [1.807, 2.05) is 13.8 Å². The number of benzene rings is 2. The molecule has 3 heterocycles. The first-order chi connectivity index (χ1) is 17.9. The number of nitrogens with one attached hydrogen (secondary N) is 2. The summed E-state index contributed by atoms with van der Waals surface area (Å²) in [4.78, 5) is 24.6. The quantitative estimate of drug-likeness (QED) is 0.247. The fourth-order valence-corrected chi connectivity index (χ4v) is 3.66. The van der Waals surface area contributed by atoms with Crippen LogP contribution < -0.4 is 21.2 Å². The van der Waals surface area contributed by atoms with Crippen molar-refractivity contribution in [3.8, 4) is 22.6 Å². The minimum absolute atomic E-state index is 0.00609. The number of fused-ring (bicyclic) bond motifs is 1. The summed E-state index contributed by atoms with van der Waals surface area (Å²) in [6.45, 7) is 5.73. The van der Waals surface area contributed by atoms with Crippen LogP contribution in [0.15, 0.2) is 78.0 Å². The van der Waals surface area contributed by atoms with Crippen molar-refractivity contribution in [2.24, 2.45) is 0 Å². The van der Waals surface area contributed by atoms with Crippen molar-refractivity contribution in [2.75, 3.05) is 11.1 Å². The molecule has 5 rings (SSSR count). The second-order valence-electron chi connectivity index (χ2n) is 7.81. The molecule has 5 aromatic rings. The van der Waals surface area contributed by atoms with Crippen LogP contribution in [-0.4, -0.2) is 15.0 Å². The lowest BCUT2D eigenvalue weighted by molar-refractivity contribution is 0.439. The Hall–Kier alpha value is -4.79. The number of aromatic nitrogens is 3. The van der Waals surface area contributed by atoms with E-state index in [1.165, 1.54) is 48.8 Å². The summed E-state index contributed by atoms with van der Waals surface area (Å²) < 4.78 is 33.8. The lowest BCUT2D eigenvalue weighted by Gasteiger charge is -2.13. The Morgan fingerprint density at radius 2 is 1.68 bits per heavy atom. The Morgan fingerprint density at radius 1 is 0.946 bits per heavy atom. The van der Waals surface area contributed by atoms with Gasteiger partial charge in [0, 0.05) is 41.5 Å². The normalized spacial score (nSPS) is 10.5. The van der Waals surface area contributed by atoms with Gasteiger partial charge in [-0.1, -0.05) is 26.0 Å². The third kappa shape index (κ3) is 5.25. The third-order valence-corrected chi connectivity index (χ3v) is 5.56. The number of hydrogen-bond acceptors (Lipinski definition) is 6. The van der Waals surface area contributed by atoms with Gasteiger partial charge in [-0.05, 0) is 48.9 Å². The van der Waals surface area contributed by atoms with Crippen LogP contribution >= 0.6 is 0 Å². The zero-order valence-electron chi connectivity index (χ0n) is 20.5. The van der Waals surface area contributed by atoms with Crippen LogP contribution in [0.1, 0.15) is 19.4 Å². The summed E-state index contributed by atoms with van der Waals surface area (Å²) in [5.41, 5.74) is 7.92. The summed E-state index contributed by atoms with van der Waals surface area (Å²) in [7, 11) is 0. The zero-order valence-corrected chi connectivity index (χ0v) is 20.5. The number of halogens is 2. The average Bonchev–Trinajstić information content (AvgIpc) is 2.90. The van der Waals surface area contributed by atoms with Gasteiger partial charge >= 0.3 is 0 Å². The monoisotopic (exact) mass is 501 g/mol. The molecule has 3 aromatic heterocycles. The molecule has 0 atom stereocenters. The molecule has 9 heteroatoms. The Kier molecular flexibility index (Phi) is 7.43. The Morgan fingerprint density at radius 3 is 2.41 bits per heavy atom. The first-order valence-electron chi connectivity index (χ1n) is 11.6. The molecule has 0 aliphatic carbocycles. The maximum Gasteiger partial charge on any atom is 0.200 e. The molecule has 0 fully saturated rings. The predicted molar refractivity (Wildman–Crippen MR) is 142 cm³/mol. The fraction of sp³-hybridized carbons (Fsp3) is 0.107. The molecule has 188 valence electrons. The van der Waals surface area contributed by atoms with Gasteiger partial charge in [0.25, 0.3) is 0 Å². The van der Waals surface area contributed by atoms with Crippen molar-refractivity contribution in [1.82, 2.24) is 15.0 Å². The van der Waals surface area contributed by atoms with Crippen molar-refractivity contribution in [3.05, 3.63) is 101 Å². The smallest absolute Gasteiger partial charge is 0.200 e. The number of pyridine rings is 3. The number of ether oxygens (including phenoxy) is 1. The molecular weight excluding hydrogens is 476 g/mol. The molecule has 0 aliphatic heterocycles. The highest BCUT2D eigenvalue weighted by molar-refractivity contribution is 5.93. The van der Waals surface area contributed by atoms with Crippen LogP contribution in [0, 0.1) is 18.6 Å². The van der Waals surface area contributed by atoms with Crippen molar-refractivity contribution in [3.63, 3.8) is 0 Å². The number of H-pyrrole nitrogens is 1. The van der Waals surface area contributed by atoms with Crippen molar-refractivity contribution in [2.45, 2.75) is 20.8 Å². The van der Waals surface area contributed by atoms with Crippen molar-refractivity contribution >= 4 is 28.2 Å². The number of nitrogen functional groups attached to an aromatic ring is 1. The van der Waals surface area contributed by atoms with Crippen molar-refractivity contribution < 1.29 is 13.5 Å². The Bertz CT molecular complexity index is 1620. The van der Waals surface area contributed by atoms with E-state index >= 15 is 0 Å². The highest BCUT2D eigenvalue weighted by atomic mass is 19.1. The summed E-state index contributed by atoms with van der Waals surface area (Å²) in [5, 5.41) is 3.30. The van der Waals surface area contributed by atoms with Crippen LogP contribution in [0.4, 0.5) is 26.1 Å². The van der Waals surface area contributed by atoms with Crippen LogP contribution in [0.25, 0.3) is 22.0 Å². The zero-order chi connectivity index (χ0) is 26.5. The van der Waals surface area contributed by atoms with Gasteiger partial charge in [0.15, 0.2) is 11.6 Å². The molecule has 0 saturated heterocycles. The summed E-state index contributed by atoms with van der Waals surface area (Å²) in [6.07, 6.45) is 4.58. The molecular formula is C28H25F2N5O2. The second kappa shape index (κ2) is 10.9. The predicted octanol–water partition coefficient (Wildman–Crippen LogP) is 6.72. The van der Waals surface area contributed by atoms with Gasteiger partial charge in [-0.15, -0.1) is 0 Å². The number of aromatic amines is 1. The van der Waals surface area contributed by atoms with Gasteiger partial charge < -0.3 is 20.8 Å². The first-order valence-corrected chi connectivity index (χ1v) is 11.6. The van der Waals surface area contributed by atoms with E-state index in [0.717, 1.165) is 0 Å². The third-order valence-electron chi connectivity index (χ3n) is 5.56. The lowest BCUT2D eigenvalue weighted by atomic mass is 10.0. The topological polar surface area (TPSA) is 106 Å². The molecule has 0 radical (unpaired) electrons. The van der Waals surface area contributed by atoms with Crippen LogP contribution in [0.5, 0.6) is 11.5 Å². The van der Waals surface area contributed by atoms with E-state index in [4.69, 9.17) is 10.5 Å². The van der Waals surface area contributed by atoms with Crippen LogP contribution in [-0.2, 0) is 0 Å². The minimum Gasteiger partial charge on any atom is -0.454 e. The molecule has 0 bridgehead atoms. The van der Waals surface area contributed by atoms with Gasteiger partial charge in [0.05, 0.1) is 10.9 Å². The molecule has 7 nitrogen and oxygen atoms in total. The highest BCUT2D eigenvalue weighted by Gasteiger charge is 2.14. The molecule has 2 aromatic carbocycles. The van der Waals surface area contributed by atoms with Crippen molar-refractivity contribution in [1.29, 1.82) is 0 Å². The number of nitrogens with zero attached hydrogens (tertiary/aromatic N) is 2. The molecule has 0 aliphatic rings. The summed E-state index contributed by atoms with van der Waals surface area (Å²) in [6, 6.07) is 13.2. The van der Waals surface area contributed by atoms with E-state index < -0.39 is 11.6 Å². The molecule has 0 amide bonds. The van der Waals surface area contributed by atoms with E-state index in [-0.39, 0.29) is 22.4 Å². The maximum absolute atomic E-state index is 14.9. The van der Waals surface area contributed by atoms with Gasteiger partial charge in [0.2, 0.25) is 5.43 Å². The first kappa shape index (κ1) is 25.3. The van der Waals surface area contributed by atoms with Gasteiger partial charge in [-0.3, -0.25) is 4.79 Å². The summed E-state index contributed by atoms with van der Waals surface area (Å²) in [5.74, 6) is -0.0656. The Balaban J connectivity index is 0.00000156. The highest BCUT2D eigenvalue weighted by Crippen LogP contribution is 2.31. The molecule has 0 spiro atoms. The molecule has 37 heavy (non-hydrogen) atoms. The molecule has 0 saturated carbocycles.